The molecule has 0 fully saturated rings. The van der Waals surface area contributed by atoms with Crippen molar-refractivity contribution in [3.63, 3.8) is 0 Å². The molecule has 0 saturated carbocycles. The molecule has 0 saturated heterocycles. The summed E-state index contributed by atoms with van der Waals surface area (Å²) in [6, 6.07) is 24.4. The Labute approximate surface area is 128 Å². The van der Waals surface area contributed by atoms with E-state index < -0.39 is 0 Å². The lowest BCUT2D eigenvalue weighted by atomic mass is 10.2. The van der Waals surface area contributed by atoms with Gasteiger partial charge in [0.1, 0.15) is 5.52 Å². The molecule has 3 aromatic carbocycles. The van der Waals surface area contributed by atoms with E-state index in [9.17, 15) is 0 Å². The van der Waals surface area contributed by atoms with E-state index in [1.165, 1.54) is 5.56 Å². The Morgan fingerprint density at radius 3 is 2.14 bits per heavy atom. The number of nitrogens with zero attached hydrogens (tertiary/aromatic N) is 2. The molecule has 0 amide bonds. The Morgan fingerprint density at radius 2 is 1.32 bits per heavy atom. The van der Waals surface area contributed by atoms with Crippen LogP contribution in [0.15, 0.2) is 72.8 Å². The fourth-order valence-corrected chi connectivity index (χ4v) is 2.58. The molecule has 1 N–H and O–H groups in total. The van der Waals surface area contributed by atoms with Crippen molar-refractivity contribution < 1.29 is 0 Å². The number of benzene rings is 3. The lowest BCUT2D eigenvalue weighted by molar-refractivity contribution is 1.15. The lowest BCUT2D eigenvalue weighted by Crippen LogP contribution is -2.01. The maximum atomic E-state index is 4.76. The maximum Gasteiger partial charge on any atom is 0.113 e. The molecule has 3 heteroatoms. The number of para-hydroxylation sites is 3. The molecule has 0 bridgehead atoms. The van der Waals surface area contributed by atoms with Crippen molar-refractivity contribution in [1.82, 2.24) is 9.97 Å². The van der Waals surface area contributed by atoms with Crippen molar-refractivity contribution >= 4 is 27.8 Å². The quantitative estimate of drug-likeness (QED) is 0.567. The van der Waals surface area contributed by atoms with Crippen LogP contribution in [0.25, 0.3) is 22.1 Å². The monoisotopic (exact) mass is 285 g/mol. The summed E-state index contributed by atoms with van der Waals surface area (Å²) in [5, 5.41) is 3.47. The van der Waals surface area contributed by atoms with Crippen LogP contribution in [0.4, 0.5) is 5.69 Å². The van der Waals surface area contributed by atoms with Crippen molar-refractivity contribution in [2.24, 2.45) is 0 Å². The Kier molecular flexibility index (Phi) is 3.16. The zero-order valence-corrected chi connectivity index (χ0v) is 12.0. The zero-order valence-electron chi connectivity index (χ0n) is 12.0. The summed E-state index contributed by atoms with van der Waals surface area (Å²) < 4.78 is 0. The van der Waals surface area contributed by atoms with Gasteiger partial charge < -0.3 is 5.32 Å². The summed E-state index contributed by atoms with van der Waals surface area (Å²) in [5.41, 5.74) is 5.93. The topological polar surface area (TPSA) is 37.8 Å². The molecule has 1 heterocycles. The number of rotatable bonds is 3. The van der Waals surface area contributed by atoms with Gasteiger partial charge in [0.2, 0.25) is 0 Å². The highest BCUT2D eigenvalue weighted by atomic mass is 14.9. The lowest BCUT2D eigenvalue weighted by Gasteiger charge is -2.09. The number of hydrogen-bond acceptors (Lipinski definition) is 3. The van der Waals surface area contributed by atoms with Crippen molar-refractivity contribution in [2.45, 2.75) is 6.54 Å². The summed E-state index contributed by atoms with van der Waals surface area (Å²) in [6.07, 6.45) is 0. The number of fused-ring (bicyclic) bond motifs is 2. The van der Waals surface area contributed by atoms with E-state index in [-0.39, 0.29) is 0 Å². The molecule has 1 aromatic heterocycles. The maximum absolute atomic E-state index is 4.76. The second-order valence-corrected chi connectivity index (χ2v) is 5.22. The third kappa shape index (κ3) is 2.37. The summed E-state index contributed by atoms with van der Waals surface area (Å²) in [7, 11) is 0. The van der Waals surface area contributed by atoms with Gasteiger partial charge >= 0.3 is 0 Å². The standard InChI is InChI=1S/C19H15N3/c1-2-7-14(8-3-1)13-20-17-11-6-12-18-19(17)22-16-10-5-4-9-15(16)21-18/h1-12,20H,13H2. The minimum Gasteiger partial charge on any atom is -0.379 e. The van der Waals surface area contributed by atoms with Crippen molar-refractivity contribution in [3.8, 4) is 0 Å². The van der Waals surface area contributed by atoms with Crippen LogP contribution in [-0.2, 0) is 6.54 Å². The van der Waals surface area contributed by atoms with Crippen LogP contribution in [0.1, 0.15) is 5.56 Å². The van der Waals surface area contributed by atoms with Crippen LogP contribution in [-0.4, -0.2) is 9.97 Å². The average molecular weight is 285 g/mol. The highest BCUT2D eigenvalue weighted by molar-refractivity contribution is 5.93. The van der Waals surface area contributed by atoms with Gasteiger partial charge in [0.15, 0.2) is 0 Å². The minimum absolute atomic E-state index is 0.772. The molecule has 22 heavy (non-hydrogen) atoms. The van der Waals surface area contributed by atoms with E-state index in [4.69, 9.17) is 9.97 Å². The Balaban J connectivity index is 1.75. The van der Waals surface area contributed by atoms with Gasteiger partial charge in [-0.2, -0.15) is 0 Å². The first-order valence-corrected chi connectivity index (χ1v) is 7.33. The van der Waals surface area contributed by atoms with Crippen LogP contribution in [0, 0.1) is 0 Å². The molecule has 0 aliphatic rings. The van der Waals surface area contributed by atoms with Crippen LogP contribution in [0.2, 0.25) is 0 Å². The average Bonchev–Trinajstić information content (AvgIpc) is 2.59. The van der Waals surface area contributed by atoms with Gasteiger partial charge in [-0.1, -0.05) is 48.5 Å². The normalized spacial score (nSPS) is 10.9. The number of nitrogens with one attached hydrogen (secondary N) is 1. The van der Waals surface area contributed by atoms with Crippen LogP contribution >= 0.6 is 0 Å². The van der Waals surface area contributed by atoms with Gasteiger partial charge in [-0.05, 0) is 29.8 Å². The smallest absolute Gasteiger partial charge is 0.113 e. The van der Waals surface area contributed by atoms with Gasteiger partial charge in [-0.25, -0.2) is 9.97 Å². The molecule has 0 atom stereocenters. The van der Waals surface area contributed by atoms with E-state index in [2.05, 4.69) is 23.5 Å². The van der Waals surface area contributed by atoms with Crippen LogP contribution in [0.3, 0.4) is 0 Å². The molecule has 0 radical (unpaired) electrons. The first-order valence-electron chi connectivity index (χ1n) is 7.33. The summed E-state index contributed by atoms with van der Waals surface area (Å²) in [6.45, 7) is 0.772. The summed E-state index contributed by atoms with van der Waals surface area (Å²) in [5.74, 6) is 0. The van der Waals surface area contributed by atoms with Gasteiger partial charge in [-0.3, -0.25) is 0 Å². The predicted octanol–water partition coefficient (Wildman–Crippen LogP) is 4.40. The molecule has 0 aliphatic heterocycles. The Hall–Kier alpha value is -2.94. The van der Waals surface area contributed by atoms with Gasteiger partial charge in [0.25, 0.3) is 0 Å². The molecule has 4 aromatic rings. The third-order valence-electron chi connectivity index (χ3n) is 3.70. The summed E-state index contributed by atoms with van der Waals surface area (Å²) in [4.78, 5) is 9.46. The van der Waals surface area contributed by atoms with Crippen molar-refractivity contribution in [2.75, 3.05) is 5.32 Å². The van der Waals surface area contributed by atoms with Crippen molar-refractivity contribution in [1.29, 1.82) is 0 Å². The van der Waals surface area contributed by atoms with E-state index in [0.29, 0.717) is 0 Å². The molecule has 106 valence electrons. The molecular formula is C19H15N3. The Morgan fingerprint density at radius 1 is 0.636 bits per heavy atom. The predicted molar refractivity (Wildman–Crippen MR) is 90.8 cm³/mol. The minimum atomic E-state index is 0.772. The van der Waals surface area contributed by atoms with Gasteiger partial charge in [0.05, 0.1) is 22.2 Å². The van der Waals surface area contributed by atoms with E-state index in [0.717, 1.165) is 34.3 Å². The molecular weight excluding hydrogens is 270 g/mol. The SMILES string of the molecule is c1ccc(CNc2cccc3nc4ccccc4nc23)cc1. The third-order valence-corrected chi connectivity index (χ3v) is 3.70. The Bertz CT molecular complexity index is 933. The second kappa shape index (κ2) is 5.45. The highest BCUT2D eigenvalue weighted by Gasteiger charge is 2.05. The van der Waals surface area contributed by atoms with Crippen LogP contribution in [0.5, 0.6) is 0 Å². The molecule has 0 unspecified atom stereocenters. The van der Waals surface area contributed by atoms with Gasteiger partial charge in [0, 0.05) is 6.54 Å². The van der Waals surface area contributed by atoms with Crippen LogP contribution < -0.4 is 5.32 Å². The van der Waals surface area contributed by atoms with Crippen molar-refractivity contribution in [3.05, 3.63) is 78.4 Å². The summed E-state index contributed by atoms with van der Waals surface area (Å²) >= 11 is 0. The fraction of sp³-hybridized carbons (Fsp3) is 0.0526. The number of hydrogen-bond donors (Lipinski definition) is 1. The molecule has 0 spiro atoms. The fourth-order valence-electron chi connectivity index (χ4n) is 2.58. The highest BCUT2D eigenvalue weighted by Crippen LogP contribution is 2.23. The number of anilines is 1. The van der Waals surface area contributed by atoms with E-state index in [1.807, 2.05) is 54.6 Å². The van der Waals surface area contributed by atoms with E-state index in [1.54, 1.807) is 0 Å². The zero-order chi connectivity index (χ0) is 14.8. The number of aromatic nitrogens is 2. The first-order chi connectivity index (χ1) is 10.9. The molecule has 3 nitrogen and oxygen atoms in total. The first kappa shape index (κ1) is 12.8. The largest absolute Gasteiger partial charge is 0.379 e. The molecule has 0 aliphatic carbocycles. The second-order valence-electron chi connectivity index (χ2n) is 5.22. The molecule has 4 rings (SSSR count). The van der Waals surface area contributed by atoms with E-state index >= 15 is 0 Å². The van der Waals surface area contributed by atoms with Gasteiger partial charge in [-0.15, -0.1) is 0 Å².